The number of methoxy groups -OCH3 is 1. The summed E-state index contributed by atoms with van der Waals surface area (Å²) in [7, 11) is 1.51. The Morgan fingerprint density at radius 3 is 2.97 bits per heavy atom. The second-order valence-electron chi connectivity index (χ2n) is 7.71. The quantitative estimate of drug-likeness (QED) is 0.699. The number of nitrogens with zero attached hydrogens (tertiary/aromatic N) is 6. The van der Waals surface area contributed by atoms with Gasteiger partial charge < -0.3 is 9.64 Å². The first-order valence-corrected chi connectivity index (χ1v) is 10.3. The van der Waals surface area contributed by atoms with Crippen LogP contribution in [0.2, 0.25) is 0 Å². The summed E-state index contributed by atoms with van der Waals surface area (Å²) in [4.78, 5) is 35.0. The number of fused-ring (bicyclic) bond motifs is 4. The number of aromatic nitrogens is 4. The van der Waals surface area contributed by atoms with E-state index in [1.807, 2.05) is 25.1 Å². The molecule has 1 saturated heterocycles. The van der Waals surface area contributed by atoms with E-state index in [1.165, 1.54) is 19.5 Å². The molecule has 0 aromatic carbocycles. The second kappa shape index (κ2) is 7.82. The van der Waals surface area contributed by atoms with Gasteiger partial charge in [-0.3, -0.25) is 20.2 Å². The van der Waals surface area contributed by atoms with Gasteiger partial charge in [-0.1, -0.05) is 0 Å². The lowest BCUT2D eigenvalue weighted by Gasteiger charge is -2.45. The molecule has 3 aromatic rings. The molecule has 0 saturated carbocycles. The summed E-state index contributed by atoms with van der Waals surface area (Å²) < 4.78 is 5.12. The summed E-state index contributed by atoms with van der Waals surface area (Å²) in [6.45, 7) is 3.71. The summed E-state index contributed by atoms with van der Waals surface area (Å²) in [5.74, 6) is 1.34. The van der Waals surface area contributed by atoms with E-state index in [9.17, 15) is 4.79 Å². The van der Waals surface area contributed by atoms with E-state index in [4.69, 9.17) is 9.72 Å². The normalized spacial score (nSPS) is 17.2. The minimum absolute atomic E-state index is 0.0433. The lowest BCUT2D eigenvalue weighted by atomic mass is 9.99. The number of anilines is 3. The molecule has 1 fully saturated rings. The molecule has 1 N–H and O–H groups in total. The van der Waals surface area contributed by atoms with Crippen LogP contribution in [0.15, 0.2) is 42.9 Å². The molecule has 0 radical (unpaired) electrons. The molecular formula is C22H23N7O2. The Bertz CT molecular complexity index is 1140. The van der Waals surface area contributed by atoms with E-state index in [0.717, 1.165) is 48.6 Å². The van der Waals surface area contributed by atoms with Crippen molar-refractivity contribution in [2.45, 2.75) is 25.8 Å². The number of ether oxygens (including phenoxy) is 1. The lowest BCUT2D eigenvalue weighted by Crippen LogP contribution is -2.56. The van der Waals surface area contributed by atoms with Crippen molar-refractivity contribution in [1.82, 2.24) is 19.9 Å². The van der Waals surface area contributed by atoms with Crippen LogP contribution in [0.5, 0.6) is 5.88 Å². The highest BCUT2D eigenvalue weighted by Crippen LogP contribution is 2.39. The van der Waals surface area contributed by atoms with Crippen LogP contribution in [0.4, 0.5) is 22.1 Å². The number of rotatable bonds is 3. The van der Waals surface area contributed by atoms with Gasteiger partial charge in [0.1, 0.15) is 0 Å². The van der Waals surface area contributed by atoms with Crippen LogP contribution in [0.3, 0.4) is 0 Å². The smallest absolute Gasteiger partial charge is 0.329 e. The molecule has 2 amide bonds. The summed E-state index contributed by atoms with van der Waals surface area (Å²) in [6.07, 6.45) is 6.72. The zero-order valence-corrected chi connectivity index (χ0v) is 17.4. The third-order valence-electron chi connectivity index (χ3n) is 5.65. The molecule has 1 unspecified atom stereocenters. The van der Waals surface area contributed by atoms with Gasteiger partial charge in [0.15, 0.2) is 11.6 Å². The number of carbonyl (C=O) groups is 1. The Morgan fingerprint density at radius 1 is 1.23 bits per heavy atom. The van der Waals surface area contributed by atoms with Crippen molar-refractivity contribution in [2.75, 3.05) is 35.3 Å². The highest BCUT2D eigenvalue weighted by Gasteiger charge is 2.38. The molecule has 2 aliphatic heterocycles. The third kappa shape index (κ3) is 3.63. The SMILES string of the molecule is COc1cncc(NC(=O)N2c3nc(-c4ccnc(C)c4)ccc3N3CCCC2C3)n1. The minimum Gasteiger partial charge on any atom is -0.480 e. The molecule has 0 spiro atoms. The van der Waals surface area contributed by atoms with Crippen LogP contribution in [0.25, 0.3) is 11.3 Å². The van der Waals surface area contributed by atoms with Crippen LogP contribution in [-0.4, -0.2) is 52.2 Å². The molecule has 2 aliphatic rings. The van der Waals surface area contributed by atoms with E-state index >= 15 is 0 Å². The van der Waals surface area contributed by atoms with Crippen LogP contribution in [-0.2, 0) is 0 Å². The van der Waals surface area contributed by atoms with Crippen LogP contribution >= 0.6 is 0 Å². The van der Waals surface area contributed by atoms with Crippen molar-refractivity contribution in [3.63, 3.8) is 0 Å². The zero-order valence-electron chi connectivity index (χ0n) is 17.4. The number of carbonyl (C=O) groups excluding carboxylic acids is 1. The van der Waals surface area contributed by atoms with E-state index in [2.05, 4.69) is 31.2 Å². The van der Waals surface area contributed by atoms with Crippen molar-refractivity contribution >= 4 is 23.4 Å². The molecule has 2 bridgehead atoms. The maximum atomic E-state index is 13.4. The van der Waals surface area contributed by atoms with Gasteiger partial charge in [0.2, 0.25) is 5.88 Å². The summed E-state index contributed by atoms with van der Waals surface area (Å²) in [5, 5.41) is 2.86. The van der Waals surface area contributed by atoms with Gasteiger partial charge >= 0.3 is 6.03 Å². The molecule has 5 heterocycles. The minimum atomic E-state index is -0.272. The maximum Gasteiger partial charge on any atom is 0.329 e. The van der Waals surface area contributed by atoms with E-state index in [-0.39, 0.29) is 12.1 Å². The van der Waals surface area contributed by atoms with Crippen molar-refractivity contribution in [3.05, 3.63) is 48.5 Å². The van der Waals surface area contributed by atoms with Gasteiger partial charge in [-0.2, -0.15) is 4.98 Å². The van der Waals surface area contributed by atoms with Crippen LogP contribution in [0.1, 0.15) is 18.5 Å². The fourth-order valence-electron chi connectivity index (χ4n) is 4.23. The molecule has 0 aliphatic carbocycles. The zero-order chi connectivity index (χ0) is 21.4. The molecule has 1 atom stereocenters. The molecule has 3 aromatic heterocycles. The molecular weight excluding hydrogens is 394 g/mol. The Labute approximate surface area is 180 Å². The Kier molecular flexibility index (Phi) is 4.85. The molecule has 5 rings (SSSR count). The topological polar surface area (TPSA) is 96.4 Å². The fourth-order valence-corrected chi connectivity index (χ4v) is 4.23. The summed E-state index contributed by atoms with van der Waals surface area (Å²) in [6, 6.07) is 7.76. The first kappa shape index (κ1) is 19.2. The van der Waals surface area contributed by atoms with Crippen LogP contribution in [0, 0.1) is 6.92 Å². The molecule has 31 heavy (non-hydrogen) atoms. The van der Waals surface area contributed by atoms with Crippen molar-refractivity contribution in [1.29, 1.82) is 0 Å². The van der Waals surface area contributed by atoms with Gasteiger partial charge in [0, 0.05) is 30.5 Å². The molecule has 9 heteroatoms. The third-order valence-corrected chi connectivity index (χ3v) is 5.65. The number of nitrogens with one attached hydrogen (secondary N) is 1. The number of urea groups is 1. The monoisotopic (exact) mass is 417 g/mol. The van der Waals surface area contributed by atoms with Gasteiger partial charge in [0.05, 0.1) is 36.9 Å². The largest absolute Gasteiger partial charge is 0.480 e. The Hall–Kier alpha value is -3.75. The first-order chi connectivity index (χ1) is 15.1. The number of hydrogen-bond donors (Lipinski definition) is 1. The number of pyridine rings is 2. The van der Waals surface area contributed by atoms with Gasteiger partial charge in [-0.15, -0.1) is 0 Å². The number of amides is 2. The maximum absolute atomic E-state index is 13.4. The average Bonchev–Trinajstić information content (AvgIpc) is 2.79. The molecule has 9 nitrogen and oxygen atoms in total. The van der Waals surface area contributed by atoms with E-state index in [0.29, 0.717) is 17.5 Å². The van der Waals surface area contributed by atoms with E-state index in [1.54, 1.807) is 11.1 Å². The molecule has 158 valence electrons. The number of piperidine rings is 1. The highest BCUT2D eigenvalue weighted by atomic mass is 16.5. The van der Waals surface area contributed by atoms with Gasteiger partial charge in [0.25, 0.3) is 0 Å². The highest BCUT2D eigenvalue weighted by molar-refractivity contribution is 6.04. The second-order valence-corrected chi connectivity index (χ2v) is 7.71. The summed E-state index contributed by atoms with van der Waals surface area (Å²) >= 11 is 0. The van der Waals surface area contributed by atoms with Crippen LogP contribution < -0.4 is 19.9 Å². The standard InChI is InChI=1S/C22H23N7O2/c1-14-10-15(7-8-24-14)17-5-6-18-21(25-17)29(16-4-3-9-28(18)13-16)22(30)27-19-11-23-12-20(26-19)31-2/h5-8,10-12,16H,3-4,9,13H2,1-2H3,(H,26,27,30). The van der Waals surface area contributed by atoms with Crippen molar-refractivity contribution in [3.8, 4) is 17.1 Å². The predicted octanol–water partition coefficient (Wildman–Crippen LogP) is 3.27. The fraction of sp³-hybridized carbons (Fsp3) is 0.318. The Morgan fingerprint density at radius 2 is 2.13 bits per heavy atom. The van der Waals surface area contributed by atoms with Gasteiger partial charge in [-0.25, -0.2) is 9.78 Å². The predicted molar refractivity (Wildman–Crippen MR) is 118 cm³/mol. The summed E-state index contributed by atoms with van der Waals surface area (Å²) in [5.41, 5.74) is 3.67. The number of aryl methyl sites for hydroxylation is 1. The first-order valence-electron chi connectivity index (χ1n) is 10.3. The lowest BCUT2D eigenvalue weighted by molar-refractivity contribution is 0.252. The van der Waals surface area contributed by atoms with E-state index < -0.39 is 0 Å². The van der Waals surface area contributed by atoms with Gasteiger partial charge in [-0.05, 0) is 44.0 Å². The van der Waals surface area contributed by atoms with Crippen molar-refractivity contribution < 1.29 is 9.53 Å². The van der Waals surface area contributed by atoms with Crippen molar-refractivity contribution in [2.24, 2.45) is 0 Å². The number of hydrogen-bond acceptors (Lipinski definition) is 7. The average molecular weight is 417 g/mol. The Balaban J connectivity index is 1.53.